The molecule has 3 aromatic heterocycles. The minimum Gasteiger partial charge on any atom is -0.361 e. The highest BCUT2D eigenvalue weighted by Crippen LogP contribution is 2.27. The molecule has 116 valence electrons. The van der Waals surface area contributed by atoms with Crippen molar-refractivity contribution in [2.45, 2.75) is 24.9 Å². The molecule has 0 saturated heterocycles. The number of hydrogen-bond donors (Lipinski definition) is 0. The standard InChI is InChI=1S/C13H13N3O4S2/c1-8-6-10(15-19-8)7-22(17,18)9(2)13-14-12(16-20-13)11-4-3-5-21-11/h3-6,9H,7H2,1-2H3. The van der Waals surface area contributed by atoms with Crippen LogP contribution < -0.4 is 0 Å². The van der Waals surface area contributed by atoms with E-state index < -0.39 is 15.1 Å². The van der Waals surface area contributed by atoms with Crippen molar-refractivity contribution in [3.05, 3.63) is 40.9 Å². The Balaban J connectivity index is 1.82. The number of aryl methyl sites for hydroxylation is 1. The fourth-order valence-electron chi connectivity index (χ4n) is 1.88. The van der Waals surface area contributed by atoms with E-state index in [9.17, 15) is 8.42 Å². The van der Waals surface area contributed by atoms with E-state index >= 15 is 0 Å². The molecule has 0 aliphatic heterocycles. The molecule has 0 bridgehead atoms. The van der Waals surface area contributed by atoms with Gasteiger partial charge in [0.15, 0.2) is 9.84 Å². The van der Waals surface area contributed by atoms with E-state index in [2.05, 4.69) is 15.3 Å². The van der Waals surface area contributed by atoms with Gasteiger partial charge in [-0.2, -0.15) is 4.98 Å². The second kappa shape index (κ2) is 5.65. The van der Waals surface area contributed by atoms with Crippen molar-refractivity contribution in [3.63, 3.8) is 0 Å². The van der Waals surface area contributed by atoms with Gasteiger partial charge in [-0.15, -0.1) is 11.3 Å². The minimum atomic E-state index is -3.52. The number of thiophene rings is 1. The Morgan fingerprint density at radius 2 is 2.14 bits per heavy atom. The van der Waals surface area contributed by atoms with Gasteiger partial charge in [-0.25, -0.2) is 8.42 Å². The van der Waals surface area contributed by atoms with Crippen LogP contribution in [0.2, 0.25) is 0 Å². The summed E-state index contributed by atoms with van der Waals surface area (Å²) in [6.07, 6.45) is 0. The SMILES string of the molecule is Cc1cc(CS(=O)(=O)C(C)c2nc(-c3cccs3)no2)no1. The summed E-state index contributed by atoms with van der Waals surface area (Å²) >= 11 is 1.46. The molecule has 1 atom stereocenters. The first-order valence-electron chi connectivity index (χ1n) is 6.47. The molecule has 9 heteroatoms. The molecule has 3 rings (SSSR count). The summed E-state index contributed by atoms with van der Waals surface area (Å²) in [7, 11) is -3.52. The van der Waals surface area contributed by atoms with E-state index in [1.807, 2.05) is 17.5 Å². The Labute approximate surface area is 130 Å². The Morgan fingerprint density at radius 1 is 1.32 bits per heavy atom. The Hall–Kier alpha value is -2.00. The molecule has 0 aromatic carbocycles. The zero-order valence-corrected chi connectivity index (χ0v) is 13.5. The summed E-state index contributed by atoms with van der Waals surface area (Å²) in [5, 5.41) is 8.51. The highest BCUT2D eigenvalue weighted by atomic mass is 32.2. The van der Waals surface area contributed by atoms with Crippen molar-refractivity contribution in [3.8, 4) is 10.7 Å². The lowest BCUT2D eigenvalue weighted by atomic mass is 10.4. The number of rotatable bonds is 5. The lowest BCUT2D eigenvalue weighted by Gasteiger charge is -2.06. The average molecular weight is 339 g/mol. The van der Waals surface area contributed by atoms with E-state index in [0.29, 0.717) is 17.3 Å². The van der Waals surface area contributed by atoms with Gasteiger partial charge in [-0.3, -0.25) is 0 Å². The van der Waals surface area contributed by atoms with Crippen LogP contribution in [0.15, 0.2) is 32.6 Å². The number of sulfone groups is 1. The molecular formula is C13H13N3O4S2. The fourth-order valence-corrected chi connectivity index (χ4v) is 3.73. The normalized spacial score (nSPS) is 13.4. The lowest BCUT2D eigenvalue weighted by Crippen LogP contribution is -2.13. The maximum absolute atomic E-state index is 12.4. The van der Waals surface area contributed by atoms with Gasteiger partial charge in [0.05, 0.1) is 16.3 Å². The third-order valence-corrected chi connectivity index (χ3v) is 5.94. The second-order valence-electron chi connectivity index (χ2n) is 4.81. The van der Waals surface area contributed by atoms with Crippen LogP contribution in [0.4, 0.5) is 0 Å². The second-order valence-corrected chi connectivity index (χ2v) is 8.08. The van der Waals surface area contributed by atoms with E-state index in [0.717, 1.165) is 4.88 Å². The van der Waals surface area contributed by atoms with Gasteiger partial charge < -0.3 is 9.05 Å². The Kier molecular flexibility index (Phi) is 3.83. The third-order valence-electron chi connectivity index (χ3n) is 3.10. The van der Waals surface area contributed by atoms with Crippen LogP contribution >= 0.6 is 11.3 Å². The zero-order chi connectivity index (χ0) is 15.7. The molecule has 0 amide bonds. The highest BCUT2D eigenvalue weighted by molar-refractivity contribution is 7.90. The van der Waals surface area contributed by atoms with E-state index in [1.165, 1.54) is 18.3 Å². The molecule has 7 nitrogen and oxygen atoms in total. The van der Waals surface area contributed by atoms with Crippen molar-refractivity contribution in [1.29, 1.82) is 0 Å². The van der Waals surface area contributed by atoms with E-state index in [1.54, 1.807) is 13.0 Å². The van der Waals surface area contributed by atoms with Gasteiger partial charge in [0.1, 0.15) is 11.0 Å². The van der Waals surface area contributed by atoms with Gasteiger partial charge in [0, 0.05) is 6.07 Å². The van der Waals surface area contributed by atoms with Gasteiger partial charge in [0.2, 0.25) is 11.7 Å². The summed E-state index contributed by atoms with van der Waals surface area (Å²) in [5.74, 6) is 0.797. The summed E-state index contributed by atoms with van der Waals surface area (Å²) in [6, 6.07) is 5.30. The molecule has 22 heavy (non-hydrogen) atoms. The molecule has 0 saturated carbocycles. The van der Waals surface area contributed by atoms with Crippen LogP contribution in [0.1, 0.15) is 29.5 Å². The molecule has 0 fully saturated rings. The molecule has 1 unspecified atom stereocenters. The first-order chi connectivity index (χ1) is 10.5. The van der Waals surface area contributed by atoms with Gasteiger partial charge >= 0.3 is 0 Å². The first-order valence-corrected chi connectivity index (χ1v) is 9.06. The van der Waals surface area contributed by atoms with E-state index in [4.69, 9.17) is 9.05 Å². The lowest BCUT2D eigenvalue weighted by molar-refractivity contribution is 0.376. The van der Waals surface area contributed by atoms with Crippen LogP contribution in [-0.2, 0) is 15.6 Å². The van der Waals surface area contributed by atoms with Gasteiger partial charge in [-0.1, -0.05) is 16.4 Å². The maximum Gasteiger partial charge on any atom is 0.245 e. The van der Waals surface area contributed by atoms with E-state index in [-0.39, 0.29) is 11.6 Å². The van der Waals surface area contributed by atoms with Crippen molar-refractivity contribution in [2.75, 3.05) is 0 Å². The molecular weight excluding hydrogens is 326 g/mol. The zero-order valence-electron chi connectivity index (χ0n) is 11.9. The highest BCUT2D eigenvalue weighted by Gasteiger charge is 2.29. The van der Waals surface area contributed by atoms with Crippen molar-refractivity contribution < 1.29 is 17.5 Å². The quantitative estimate of drug-likeness (QED) is 0.704. The Bertz CT molecular complexity index is 865. The topological polar surface area (TPSA) is 99.1 Å². The number of aromatic nitrogens is 3. The number of nitrogens with zero attached hydrogens (tertiary/aromatic N) is 3. The van der Waals surface area contributed by atoms with Crippen molar-refractivity contribution in [2.24, 2.45) is 0 Å². The van der Waals surface area contributed by atoms with Crippen LogP contribution in [-0.4, -0.2) is 23.7 Å². The van der Waals surface area contributed by atoms with Crippen LogP contribution in [0.3, 0.4) is 0 Å². The monoisotopic (exact) mass is 339 g/mol. The first kappa shape index (κ1) is 14.9. The predicted molar refractivity (Wildman–Crippen MR) is 79.9 cm³/mol. The minimum absolute atomic E-state index is 0.0728. The van der Waals surface area contributed by atoms with Crippen LogP contribution in [0.5, 0.6) is 0 Å². The third kappa shape index (κ3) is 2.95. The molecule has 0 N–H and O–H groups in total. The van der Waals surface area contributed by atoms with Crippen molar-refractivity contribution >= 4 is 21.2 Å². The molecule has 0 spiro atoms. The molecule has 0 aliphatic rings. The largest absolute Gasteiger partial charge is 0.361 e. The average Bonchev–Trinajstić information content (AvgIpc) is 3.17. The van der Waals surface area contributed by atoms with Crippen LogP contribution in [0.25, 0.3) is 10.7 Å². The molecule has 3 aromatic rings. The summed E-state index contributed by atoms with van der Waals surface area (Å²) in [6.45, 7) is 3.23. The van der Waals surface area contributed by atoms with Crippen LogP contribution in [0, 0.1) is 6.92 Å². The molecule has 0 aliphatic carbocycles. The molecule has 3 heterocycles. The summed E-state index contributed by atoms with van der Waals surface area (Å²) in [4.78, 5) is 5.00. The summed E-state index contributed by atoms with van der Waals surface area (Å²) < 4.78 is 34.8. The van der Waals surface area contributed by atoms with Gasteiger partial charge in [-0.05, 0) is 25.3 Å². The smallest absolute Gasteiger partial charge is 0.245 e. The fraction of sp³-hybridized carbons (Fsp3) is 0.308. The number of hydrogen-bond acceptors (Lipinski definition) is 8. The summed E-state index contributed by atoms with van der Waals surface area (Å²) in [5.41, 5.74) is 0.363. The van der Waals surface area contributed by atoms with Crippen molar-refractivity contribution in [1.82, 2.24) is 15.3 Å². The van der Waals surface area contributed by atoms with Gasteiger partial charge in [0.25, 0.3) is 0 Å². The maximum atomic E-state index is 12.4. The predicted octanol–water partition coefficient (Wildman–Crippen LogP) is 2.77. The Morgan fingerprint density at radius 3 is 2.77 bits per heavy atom. The molecule has 0 radical (unpaired) electrons.